The van der Waals surface area contributed by atoms with E-state index in [1.54, 1.807) is 30.3 Å². The van der Waals surface area contributed by atoms with Crippen LogP contribution in [0.25, 0.3) is 0 Å². The zero-order chi connectivity index (χ0) is 18.8. The molecule has 2 rings (SSSR count). The van der Waals surface area contributed by atoms with Gasteiger partial charge in [0.2, 0.25) is 5.91 Å². The molecule has 2 aromatic carbocycles. The second kappa shape index (κ2) is 9.83. The average Bonchev–Trinajstić information content (AvgIpc) is 2.69. The van der Waals surface area contributed by atoms with Gasteiger partial charge in [0.1, 0.15) is 19.7 Å². The van der Waals surface area contributed by atoms with E-state index in [-0.39, 0.29) is 19.7 Å². The minimum atomic E-state index is -0.715. The lowest BCUT2D eigenvalue weighted by Crippen LogP contribution is -2.43. The Labute approximate surface area is 151 Å². The third-order valence-corrected chi connectivity index (χ3v) is 3.48. The summed E-state index contributed by atoms with van der Waals surface area (Å²) >= 11 is 0. The van der Waals surface area contributed by atoms with Gasteiger partial charge in [-0.25, -0.2) is 4.79 Å². The number of para-hydroxylation sites is 1. The highest BCUT2D eigenvalue weighted by Crippen LogP contribution is 2.13. The van der Waals surface area contributed by atoms with Gasteiger partial charge in [-0.05, 0) is 17.7 Å². The molecular weight excluding hydrogens is 336 g/mol. The fourth-order valence-corrected chi connectivity index (χ4v) is 2.14. The maximum absolute atomic E-state index is 12.4. The van der Waals surface area contributed by atoms with Crippen LogP contribution < -0.4 is 10.2 Å². The Morgan fingerprint density at radius 3 is 2.19 bits per heavy atom. The summed E-state index contributed by atoms with van der Waals surface area (Å²) in [6.45, 7) is -0.453. The van der Waals surface area contributed by atoms with E-state index in [1.807, 2.05) is 30.3 Å². The van der Waals surface area contributed by atoms with Gasteiger partial charge in [-0.3, -0.25) is 14.5 Å². The topological polar surface area (TPSA) is 84.9 Å². The van der Waals surface area contributed by atoms with Crippen molar-refractivity contribution in [2.75, 3.05) is 25.1 Å². The van der Waals surface area contributed by atoms with E-state index in [9.17, 15) is 14.4 Å². The van der Waals surface area contributed by atoms with E-state index in [1.165, 1.54) is 12.0 Å². The number of esters is 1. The van der Waals surface area contributed by atoms with Crippen LogP contribution in [0.5, 0.6) is 0 Å². The lowest BCUT2D eigenvalue weighted by Gasteiger charge is -2.21. The van der Waals surface area contributed by atoms with Gasteiger partial charge < -0.3 is 14.8 Å². The van der Waals surface area contributed by atoms with E-state index >= 15 is 0 Å². The lowest BCUT2D eigenvalue weighted by atomic mass is 10.2. The number of nitrogens with one attached hydrogen (secondary N) is 1. The summed E-state index contributed by atoms with van der Waals surface area (Å²) in [5, 5.41) is 2.39. The summed E-state index contributed by atoms with van der Waals surface area (Å²) in [6, 6.07) is 17.9. The molecule has 26 heavy (non-hydrogen) atoms. The van der Waals surface area contributed by atoms with Crippen LogP contribution in [-0.4, -0.2) is 38.2 Å². The van der Waals surface area contributed by atoms with Gasteiger partial charge in [-0.2, -0.15) is 0 Å². The number of ether oxygens (including phenoxy) is 2. The molecule has 0 spiro atoms. The van der Waals surface area contributed by atoms with Gasteiger partial charge in [0, 0.05) is 5.69 Å². The fraction of sp³-hybridized carbons (Fsp3) is 0.211. The Bertz CT molecular complexity index is 734. The summed E-state index contributed by atoms with van der Waals surface area (Å²) in [5.41, 5.74) is 1.37. The number of methoxy groups -OCH3 is 1. The number of anilines is 1. The van der Waals surface area contributed by atoms with E-state index in [2.05, 4.69) is 10.1 Å². The van der Waals surface area contributed by atoms with Crippen molar-refractivity contribution >= 4 is 23.7 Å². The van der Waals surface area contributed by atoms with Gasteiger partial charge in [-0.1, -0.05) is 48.5 Å². The van der Waals surface area contributed by atoms with Gasteiger partial charge >= 0.3 is 12.1 Å². The van der Waals surface area contributed by atoms with Crippen LogP contribution in [0.2, 0.25) is 0 Å². The molecule has 0 heterocycles. The number of hydrogen-bond acceptors (Lipinski definition) is 5. The Morgan fingerprint density at radius 2 is 1.58 bits per heavy atom. The summed E-state index contributed by atoms with van der Waals surface area (Å²) in [7, 11) is 1.25. The molecular formula is C19H20N2O5. The first-order chi connectivity index (χ1) is 12.6. The third kappa shape index (κ3) is 5.94. The lowest BCUT2D eigenvalue weighted by molar-refractivity contribution is -0.140. The molecule has 0 saturated heterocycles. The molecule has 7 heteroatoms. The number of nitrogens with zero attached hydrogens (tertiary/aromatic N) is 1. The molecule has 2 amide bonds. The van der Waals surface area contributed by atoms with Gasteiger partial charge in [0.05, 0.1) is 7.11 Å². The minimum absolute atomic E-state index is 0.103. The number of amides is 2. The molecule has 0 bridgehead atoms. The number of hydrogen-bond donors (Lipinski definition) is 1. The fourth-order valence-electron chi connectivity index (χ4n) is 2.14. The van der Waals surface area contributed by atoms with Crippen LogP contribution >= 0.6 is 0 Å². The quantitative estimate of drug-likeness (QED) is 0.768. The molecule has 0 fully saturated rings. The van der Waals surface area contributed by atoms with Gasteiger partial charge in [-0.15, -0.1) is 0 Å². The molecule has 0 radical (unpaired) electrons. The smallest absolute Gasteiger partial charge is 0.407 e. The summed E-state index contributed by atoms with van der Waals surface area (Å²) in [6.07, 6.45) is -0.715. The van der Waals surface area contributed by atoms with Gasteiger partial charge in [0.15, 0.2) is 0 Å². The van der Waals surface area contributed by atoms with Crippen LogP contribution in [0.4, 0.5) is 10.5 Å². The predicted octanol–water partition coefficient (Wildman–Crippen LogP) is 2.12. The molecule has 136 valence electrons. The SMILES string of the molecule is COC(=O)CN(C(=O)CNC(=O)OCc1ccccc1)c1ccccc1. The standard InChI is InChI=1S/C19H20N2O5/c1-25-18(23)13-21(16-10-6-3-7-11-16)17(22)12-20-19(24)26-14-15-8-4-2-5-9-15/h2-11H,12-14H2,1H3,(H,20,24). The van der Waals surface area contributed by atoms with Crippen LogP contribution in [0.3, 0.4) is 0 Å². The van der Waals surface area contributed by atoms with Crippen molar-refractivity contribution in [3.05, 3.63) is 66.2 Å². The summed E-state index contributed by atoms with van der Waals surface area (Å²) in [5.74, 6) is -1.02. The van der Waals surface area contributed by atoms with E-state index in [0.29, 0.717) is 5.69 Å². The largest absolute Gasteiger partial charge is 0.468 e. The van der Waals surface area contributed by atoms with E-state index in [0.717, 1.165) is 5.56 Å². The molecule has 0 unspecified atom stereocenters. The first-order valence-electron chi connectivity index (χ1n) is 7.97. The maximum atomic E-state index is 12.4. The van der Waals surface area contributed by atoms with Crippen LogP contribution in [0.1, 0.15) is 5.56 Å². The van der Waals surface area contributed by atoms with Crippen molar-refractivity contribution in [3.63, 3.8) is 0 Å². The predicted molar refractivity (Wildman–Crippen MR) is 95.4 cm³/mol. The molecule has 1 N–H and O–H groups in total. The molecule has 7 nitrogen and oxygen atoms in total. The monoisotopic (exact) mass is 356 g/mol. The minimum Gasteiger partial charge on any atom is -0.468 e. The zero-order valence-corrected chi connectivity index (χ0v) is 14.4. The van der Waals surface area contributed by atoms with Crippen LogP contribution in [0, 0.1) is 0 Å². The Balaban J connectivity index is 1.89. The van der Waals surface area contributed by atoms with Crippen LogP contribution in [-0.2, 0) is 25.7 Å². The number of alkyl carbamates (subject to hydrolysis) is 1. The zero-order valence-electron chi connectivity index (χ0n) is 14.4. The number of benzene rings is 2. The summed E-state index contributed by atoms with van der Waals surface area (Å²) < 4.78 is 9.67. The Hall–Kier alpha value is -3.35. The highest BCUT2D eigenvalue weighted by atomic mass is 16.5. The average molecular weight is 356 g/mol. The van der Waals surface area contributed by atoms with Crippen molar-refractivity contribution in [2.45, 2.75) is 6.61 Å². The second-order valence-electron chi connectivity index (χ2n) is 5.31. The van der Waals surface area contributed by atoms with Gasteiger partial charge in [0.25, 0.3) is 0 Å². The molecule has 0 atom stereocenters. The molecule has 0 saturated carbocycles. The molecule has 0 aliphatic rings. The maximum Gasteiger partial charge on any atom is 0.407 e. The first-order valence-corrected chi connectivity index (χ1v) is 7.97. The second-order valence-corrected chi connectivity index (χ2v) is 5.31. The number of carbonyl (C=O) groups is 3. The number of rotatable bonds is 7. The molecule has 0 aliphatic carbocycles. The van der Waals surface area contributed by atoms with Crippen molar-refractivity contribution < 1.29 is 23.9 Å². The van der Waals surface area contributed by atoms with Crippen LogP contribution in [0.15, 0.2) is 60.7 Å². The molecule has 0 aromatic heterocycles. The Kier molecular flexibility index (Phi) is 7.17. The number of carbonyl (C=O) groups excluding carboxylic acids is 3. The third-order valence-electron chi connectivity index (χ3n) is 3.48. The molecule has 0 aliphatic heterocycles. The Morgan fingerprint density at radius 1 is 0.962 bits per heavy atom. The van der Waals surface area contributed by atoms with Crippen molar-refractivity contribution in [1.29, 1.82) is 0 Å². The van der Waals surface area contributed by atoms with E-state index < -0.39 is 18.0 Å². The normalized spacial score (nSPS) is 9.88. The van der Waals surface area contributed by atoms with Crippen molar-refractivity contribution in [3.8, 4) is 0 Å². The first kappa shape index (κ1) is 19.0. The molecule has 2 aromatic rings. The van der Waals surface area contributed by atoms with E-state index in [4.69, 9.17) is 4.74 Å². The highest BCUT2D eigenvalue weighted by molar-refractivity contribution is 5.99. The highest BCUT2D eigenvalue weighted by Gasteiger charge is 2.20. The van der Waals surface area contributed by atoms with Crippen molar-refractivity contribution in [1.82, 2.24) is 5.32 Å². The van der Waals surface area contributed by atoms with Crippen molar-refractivity contribution in [2.24, 2.45) is 0 Å². The summed E-state index contributed by atoms with van der Waals surface area (Å²) in [4.78, 5) is 37.0.